The standard InChI is InChI=1S/C9H16S2/c1-9-5-2-3-6-10-7-4-8-11-9/h1-8H2. The topological polar surface area (TPSA) is 0 Å². The van der Waals surface area contributed by atoms with Crippen LogP contribution in [-0.2, 0) is 0 Å². The Morgan fingerprint density at radius 2 is 1.82 bits per heavy atom. The third-order valence-corrected chi connectivity index (χ3v) is 3.99. The summed E-state index contributed by atoms with van der Waals surface area (Å²) in [5, 5.41) is 0. The lowest BCUT2D eigenvalue weighted by Crippen LogP contribution is -1.91. The molecule has 64 valence electrons. The number of thioether (sulfide) groups is 2. The van der Waals surface area contributed by atoms with Crippen molar-refractivity contribution in [2.75, 3.05) is 17.3 Å². The van der Waals surface area contributed by atoms with Crippen LogP contribution in [0.4, 0.5) is 0 Å². The summed E-state index contributed by atoms with van der Waals surface area (Å²) in [6, 6.07) is 0. The normalized spacial score (nSPS) is 23.1. The van der Waals surface area contributed by atoms with Gasteiger partial charge < -0.3 is 0 Å². The lowest BCUT2D eigenvalue weighted by molar-refractivity contribution is 0.816. The van der Waals surface area contributed by atoms with E-state index in [2.05, 4.69) is 18.3 Å². The molecule has 0 aromatic heterocycles. The lowest BCUT2D eigenvalue weighted by atomic mass is 10.2. The fraction of sp³-hybridized carbons (Fsp3) is 0.778. The Kier molecular flexibility index (Phi) is 5.21. The van der Waals surface area contributed by atoms with Crippen molar-refractivity contribution in [2.45, 2.75) is 25.7 Å². The molecule has 11 heavy (non-hydrogen) atoms. The summed E-state index contributed by atoms with van der Waals surface area (Å²) in [5.41, 5.74) is 0. The van der Waals surface area contributed by atoms with Gasteiger partial charge in [0.15, 0.2) is 0 Å². The van der Waals surface area contributed by atoms with Crippen molar-refractivity contribution >= 4 is 23.5 Å². The van der Waals surface area contributed by atoms with Gasteiger partial charge >= 0.3 is 0 Å². The molecule has 0 aliphatic carbocycles. The first-order valence-corrected chi connectivity index (χ1v) is 6.42. The van der Waals surface area contributed by atoms with Gasteiger partial charge in [0, 0.05) is 0 Å². The van der Waals surface area contributed by atoms with E-state index in [1.165, 1.54) is 47.8 Å². The van der Waals surface area contributed by atoms with Gasteiger partial charge in [-0.05, 0) is 47.8 Å². The van der Waals surface area contributed by atoms with Crippen molar-refractivity contribution in [2.24, 2.45) is 0 Å². The maximum absolute atomic E-state index is 4.04. The van der Waals surface area contributed by atoms with Crippen molar-refractivity contribution in [3.63, 3.8) is 0 Å². The molecule has 2 heteroatoms. The van der Waals surface area contributed by atoms with Crippen LogP contribution in [0, 0.1) is 0 Å². The molecule has 0 bridgehead atoms. The highest BCUT2D eigenvalue weighted by Crippen LogP contribution is 2.23. The van der Waals surface area contributed by atoms with E-state index in [0.29, 0.717) is 0 Å². The summed E-state index contributed by atoms with van der Waals surface area (Å²) in [7, 11) is 0. The van der Waals surface area contributed by atoms with Crippen LogP contribution in [0.1, 0.15) is 25.7 Å². The van der Waals surface area contributed by atoms with Crippen LogP contribution < -0.4 is 0 Å². The SMILES string of the molecule is C=C1CCCCSCCCS1. The van der Waals surface area contributed by atoms with Crippen LogP contribution in [0.25, 0.3) is 0 Å². The van der Waals surface area contributed by atoms with E-state index in [9.17, 15) is 0 Å². The predicted octanol–water partition coefficient (Wildman–Crippen LogP) is 3.54. The molecular formula is C9H16S2. The fourth-order valence-electron chi connectivity index (χ4n) is 1.08. The zero-order valence-electron chi connectivity index (χ0n) is 6.97. The second-order valence-corrected chi connectivity index (χ2v) is 5.31. The molecule has 0 N–H and O–H groups in total. The van der Waals surface area contributed by atoms with Gasteiger partial charge in [0.2, 0.25) is 0 Å². The molecular weight excluding hydrogens is 172 g/mol. The largest absolute Gasteiger partial charge is 0.162 e. The van der Waals surface area contributed by atoms with Crippen LogP contribution in [0.5, 0.6) is 0 Å². The van der Waals surface area contributed by atoms with E-state index in [1.54, 1.807) is 0 Å². The molecule has 1 fully saturated rings. The minimum Gasteiger partial charge on any atom is -0.162 e. The Labute approximate surface area is 78.2 Å². The molecule has 0 nitrogen and oxygen atoms in total. The Morgan fingerprint density at radius 3 is 2.73 bits per heavy atom. The quantitative estimate of drug-likeness (QED) is 0.570. The van der Waals surface area contributed by atoms with E-state index >= 15 is 0 Å². The van der Waals surface area contributed by atoms with E-state index in [1.807, 2.05) is 11.8 Å². The van der Waals surface area contributed by atoms with Gasteiger partial charge in [-0.3, -0.25) is 0 Å². The third-order valence-electron chi connectivity index (χ3n) is 1.73. The second-order valence-electron chi connectivity index (χ2n) is 2.81. The maximum Gasteiger partial charge on any atom is -0.00156 e. The van der Waals surface area contributed by atoms with Gasteiger partial charge in [-0.15, -0.1) is 11.8 Å². The van der Waals surface area contributed by atoms with E-state index in [-0.39, 0.29) is 0 Å². The molecule has 0 aromatic rings. The highest BCUT2D eigenvalue weighted by atomic mass is 32.2. The van der Waals surface area contributed by atoms with Crippen molar-refractivity contribution in [3.05, 3.63) is 11.5 Å². The maximum atomic E-state index is 4.04. The minimum absolute atomic E-state index is 1.24. The van der Waals surface area contributed by atoms with Crippen molar-refractivity contribution in [1.29, 1.82) is 0 Å². The lowest BCUT2D eigenvalue weighted by Gasteiger charge is -2.08. The Bertz CT molecular complexity index is 109. The molecule has 0 unspecified atom stereocenters. The predicted molar refractivity (Wildman–Crippen MR) is 57.4 cm³/mol. The first kappa shape index (κ1) is 9.53. The first-order valence-electron chi connectivity index (χ1n) is 4.28. The second kappa shape index (κ2) is 6.01. The number of allylic oxidation sites excluding steroid dienone is 1. The number of hydrogen-bond acceptors (Lipinski definition) is 2. The van der Waals surface area contributed by atoms with E-state index < -0.39 is 0 Å². The van der Waals surface area contributed by atoms with Gasteiger partial charge in [-0.25, -0.2) is 0 Å². The summed E-state index contributed by atoms with van der Waals surface area (Å²) in [6.07, 6.45) is 5.32. The van der Waals surface area contributed by atoms with Crippen molar-refractivity contribution < 1.29 is 0 Å². The Balaban J connectivity index is 2.17. The monoisotopic (exact) mass is 188 g/mol. The summed E-state index contributed by atoms with van der Waals surface area (Å²) in [4.78, 5) is 1.40. The Hall–Kier alpha value is 0.440. The van der Waals surface area contributed by atoms with Gasteiger partial charge in [0.25, 0.3) is 0 Å². The van der Waals surface area contributed by atoms with Crippen LogP contribution in [-0.4, -0.2) is 17.3 Å². The molecule has 1 aliphatic heterocycles. The summed E-state index contributed by atoms with van der Waals surface area (Å²) >= 11 is 4.08. The molecule has 1 saturated heterocycles. The Morgan fingerprint density at radius 1 is 1.00 bits per heavy atom. The summed E-state index contributed by atoms with van der Waals surface area (Å²) in [5.74, 6) is 3.99. The van der Waals surface area contributed by atoms with Crippen molar-refractivity contribution in [1.82, 2.24) is 0 Å². The van der Waals surface area contributed by atoms with Crippen LogP contribution in [0.15, 0.2) is 11.5 Å². The number of hydrogen-bond donors (Lipinski definition) is 0. The molecule has 1 heterocycles. The molecule has 0 saturated carbocycles. The van der Waals surface area contributed by atoms with E-state index in [4.69, 9.17) is 0 Å². The summed E-state index contributed by atoms with van der Waals surface area (Å²) < 4.78 is 0. The third kappa shape index (κ3) is 4.81. The van der Waals surface area contributed by atoms with Crippen LogP contribution in [0.2, 0.25) is 0 Å². The number of rotatable bonds is 0. The highest BCUT2D eigenvalue weighted by molar-refractivity contribution is 8.03. The summed E-state index contributed by atoms with van der Waals surface area (Å²) in [6.45, 7) is 4.04. The molecule has 0 radical (unpaired) electrons. The average Bonchev–Trinajstić information content (AvgIpc) is 2.03. The van der Waals surface area contributed by atoms with Gasteiger partial charge in [-0.1, -0.05) is 6.58 Å². The molecule has 0 aromatic carbocycles. The van der Waals surface area contributed by atoms with Gasteiger partial charge in [-0.2, -0.15) is 11.8 Å². The molecule has 1 aliphatic rings. The van der Waals surface area contributed by atoms with Crippen LogP contribution >= 0.6 is 23.5 Å². The fourth-order valence-corrected chi connectivity index (χ4v) is 3.09. The average molecular weight is 188 g/mol. The molecule has 0 spiro atoms. The zero-order valence-corrected chi connectivity index (χ0v) is 8.61. The molecule has 0 atom stereocenters. The minimum atomic E-state index is 1.24. The van der Waals surface area contributed by atoms with Gasteiger partial charge in [0.1, 0.15) is 0 Å². The molecule has 1 rings (SSSR count). The highest BCUT2D eigenvalue weighted by Gasteiger charge is 1.99. The van der Waals surface area contributed by atoms with Gasteiger partial charge in [0.05, 0.1) is 0 Å². The zero-order chi connectivity index (χ0) is 7.94. The van der Waals surface area contributed by atoms with Crippen LogP contribution in [0.3, 0.4) is 0 Å². The smallest absolute Gasteiger partial charge is 0.00156 e. The van der Waals surface area contributed by atoms with Crippen molar-refractivity contribution in [3.8, 4) is 0 Å². The van der Waals surface area contributed by atoms with E-state index in [0.717, 1.165) is 0 Å². The molecule has 0 amide bonds. The first-order chi connectivity index (χ1) is 5.39.